The highest BCUT2D eigenvalue weighted by atomic mass is 16.3. The molecule has 0 unspecified atom stereocenters. The maximum Gasteiger partial charge on any atom is 0.251 e. The zero-order valence-electron chi connectivity index (χ0n) is 16.4. The molecule has 0 spiro atoms. The number of hydrogen-bond donors (Lipinski definition) is 2. The van der Waals surface area contributed by atoms with Crippen LogP contribution in [-0.2, 0) is 6.42 Å². The Morgan fingerprint density at radius 3 is 2.21 bits per heavy atom. The van der Waals surface area contributed by atoms with Crippen molar-refractivity contribution < 1.29 is 9.90 Å². The zero-order valence-corrected chi connectivity index (χ0v) is 16.4. The van der Waals surface area contributed by atoms with Gasteiger partial charge in [-0.05, 0) is 41.8 Å². The first-order valence-corrected chi connectivity index (χ1v) is 9.88. The molecule has 3 aromatic carbocycles. The number of hydrogen-bond acceptors (Lipinski definition) is 3. The standard InChI is InChI=1S/C25H24N2O2/c1-17(28)16-26-25(29)20-12-13-22-21(14-20)15-23(27-22)24(18-8-4-2-5-9-18)19-10-6-3-7-11-19/h2-14,17,24,28H,15-16H2,1H3,(H,26,29)/t17-/m1/s1. The number of carbonyl (C=O) groups excluding carboxylic acids is 1. The molecule has 4 nitrogen and oxygen atoms in total. The predicted molar refractivity (Wildman–Crippen MR) is 116 cm³/mol. The fraction of sp³-hybridized carbons (Fsp3) is 0.200. The van der Waals surface area contributed by atoms with Gasteiger partial charge in [0.15, 0.2) is 0 Å². The molecule has 4 heteroatoms. The molecule has 146 valence electrons. The maximum absolute atomic E-state index is 12.3. The van der Waals surface area contributed by atoms with Crippen LogP contribution in [0.3, 0.4) is 0 Å². The lowest BCUT2D eigenvalue weighted by Gasteiger charge is -2.18. The van der Waals surface area contributed by atoms with E-state index in [2.05, 4.69) is 53.8 Å². The fourth-order valence-electron chi connectivity index (χ4n) is 3.74. The van der Waals surface area contributed by atoms with Crippen molar-refractivity contribution in [2.45, 2.75) is 25.4 Å². The molecule has 1 heterocycles. The Morgan fingerprint density at radius 1 is 1.00 bits per heavy atom. The second-order valence-corrected chi connectivity index (χ2v) is 7.44. The topological polar surface area (TPSA) is 61.7 Å². The van der Waals surface area contributed by atoms with Crippen molar-refractivity contribution in [3.05, 3.63) is 101 Å². The molecule has 29 heavy (non-hydrogen) atoms. The minimum absolute atomic E-state index is 0.0808. The van der Waals surface area contributed by atoms with Crippen molar-refractivity contribution in [3.8, 4) is 0 Å². The molecule has 0 aromatic heterocycles. The van der Waals surface area contributed by atoms with Crippen LogP contribution >= 0.6 is 0 Å². The predicted octanol–water partition coefficient (Wildman–Crippen LogP) is 4.26. The van der Waals surface area contributed by atoms with Crippen LogP contribution in [0.4, 0.5) is 5.69 Å². The van der Waals surface area contributed by atoms with Crippen LogP contribution < -0.4 is 5.32 Å². The Hall–Kier alpha value is -3.24. The van der Waals surface area contributed by atoms with E-state index in [-0.39, 0.29) is 18.4 Å². The van der Waals surface area contributed by atoms with Gasteiger partial charge in [0.1, 0.15) is 0 Å². The molecule has 1 atom stereocenters. The third-order valence-electron chi connectivity index (χ3n) is 5.13. The normalized spacial score (nSPS) is 13.7. The van der Waals surface area contributed by atoms with Gasteiger partial charge < -0.3 is 10.4 Å². The molecule has 0 fully saturated rings. The first-order valence-electron chi connectivity index (χ1n) is 9.88. The van der Waals surface area contributed by atoms with E-state index in [0.717, 1.165) is 17.0 Å². The second kappa shape index (κ2) is 8.41. The van der Waals surface area contributed by atoms with Gasteiger partial charge in [0.2, 0.25) is 0 Å². The number of nitrogens with one attached hydrogen (secondary N) is 1. The van der Waals surface area contributed by atoms with Gasteiger partial charge in [0.05, 0.1) is 11.8 Å². The van der Waals surface area contributed by atoms with E-state index in [0.29, 0.717) is 12.0 Å². The number of aliphatic imine (C=N–C) groups is 1. The van der Waals surface area contributed by atoms with E-state index in [9.17, 15) is 9.90 Å². The zero-order chi connectivity index (χ0) is 20.2. The number of fused-ring (bicyclic) bond motifs is 1. The van der Waals surface area contributed by atoms with E-state index in [1.165, 1.54) is 11.1 Å². The van der Waals surface area contributed by atoms with Crippen molar-refractivity contribution in [2.75, 3.05) is 6.54 Å². The van der Waals surface area contributed by atoms with E-state index >= 15 is 0 Å². The molecule has 4 rings (SSSR count). The summed E-state index contributed by atoms with van der Waals surface area (Å²) in [5, 5.41) is 12.1. The number of rotatable bonds is 6. The van der Waals surface area contributed by atoms with Crippen LogP contribution in [0.1, 0.15) is 39.9 Å². The molecule has 1 aliphatic heterocycles. The highest BCUT2D eigenvalue weighted by Gasteiger charge is 2.26. The van der Waals surface area contributed by atoms with Crippen molar-refractivity contribution in [1.29, 1.82) is 0 Å². The lowest BCUT2D eigenvalue weighted by atomic mass is 9.85. The van der Waals surface area contributed by atoms with E-state index in [1.54, 1.807) is 13.0 Å². The summed E-state index contributed by atoms with van der Waals surface area (Å²) in [5.41, 5.74) is 6.07. The summed E-state index contributed by atoms with van der Waals surface area (Å²) in [6.45, 7) is 1.89. The van der Waals surface area contributed by atoms with Crippen LogP contribution in [-0.4, -0.2) is 29.4 Å². The Bertz CT molecular complexity index is 988. The molecule has 0 aliphatic carbocycles. The highest BCUT2D eigenvalue weighted by Crippen LogP contribution is 2.36. The summed E-state index contributed by atoms with van der Waals surface area (Å²) >= 11 is 0. The molecule has 3 aromatic rings. The number of aliphatic hydroxyl groups excluding tert-OH is 1. The lowest BCUT2D eigenvalue weighted by molar-refractivity contribution is 0.0924. The lowest BCUT2D eigenvalue weighted by Crippen LogP contribution is -2.30. The second-order valence-electron chi connectivity index (χ2n) is 7.44. The van der Waals surface area contributed by atoms with Gasteiger partial charge in [0.25, 0.3) is 5.91 Å². The SMILES string of the molecule is C[C@@H](O)CNC(=O)c1ccc2c(c1)CC(C(c1ccccc1)c1ccccc1)=N2. The Labute approximate surface area is 170 Å². The average molecular weight is 384 g/mol. The Balaban J connectivity index is 1.62. The molecule has 1 amide bonds. The molecular formula is C25H24N2O2. The summed E-state index contributed by atoms with van der Waals surface area (Å²) in [6.07, 6.45) is 0.141. The van der Waals surface area contributed by atoms with Crippen molar-refractivity contribution in [3.63, 3.8) is 0 Å². The molecule has 1 aliphatic rings. The van der Waals surface area contributed by atoms with Crippen LogP contribution in [0.15, 0.2) is 83.9 Å². The van der Waals surface area contributed by atoms with Gasteiger partial charge in [0, 0.05) is 30.2 Å². The minimum atomic E-state index is -0.569. The monoisotopic (exact) mass is 384 g/mol. The maximum atomic E-state index is 12.3. The number of amides is 1. The van der Waals surface area contributed by atoms with E-state index in [4.69, 9.17) is 4.99 Å². The molecule has 0 bridgehead atoms. The average Bonchev–Trinajstić information content (AvgIpc) is 3.16. The van der Waals surface area contributed by atoms with Crippen LogP contribution in [0, 0.1) is 0 Å². The molecule has 2 N–H and O–H groups in total. The van der Waals surface area contributed by atoms with Crippen LogP contribution in [0.5, 0.6) is 0 Å². The van der Waals surface area contributed by atoms with Gasteiger partial charge in [-0.15, -0.1) is 0 Å². The smallest absolute Gasteiger partial charge is 0.251 e. The Kier molecular flexibility index (Phi) is 5.54. The largest absolute Gasteiger partial charge is 0.392 e. The molecule has 0 saturated heterocycles. The van der Waals surface area contributed by atoms with Gasteiger partial charge >= 0.3 is 0 Å². The molecule has 0 radical (unpaired) electrons. The third kappa shape index (κ3) is 4.28. The van der Waals surface area contributed by atoms with Gasteiger partial charge in [-0.25, -0.2) is 0 Å². The van der Waals surface area contributed by atoms with Gasteiger partial charge in [-0.2, -0.15) is 0 Å². The van der Waals surface area contributed by atoms with Gasteiger partial charge in [-0.3, -0.25) is 9.79 Å². The summed E-state index contributed by atoms with van der Waals surface area (Å²) in [6, 6.07) is 26.4. The summed E-state index contributed by atoms with van der Waals surface area (Å²) in [5.74, 6) is -0.0952. The van der Waals surface area contributed by atoms with Crippen molar-refractivity contribution in [1.82, 2.24) is 5.32 Å². The van der Waals surface area contributed by atoms with Gasteiger partial charge in [-0.1, -0.05) is 60.7 Å². The number of carbonyl (C=O) groups is 1. The number of aliphatic hydroxyl groups is 1. The molecule has 0 saturated carbocycles. The Morgan fingerprint density at radius 2 is 1.62 bits per heavy atom. The number of nitrogens with zero attached hydrogens (tertiary/aromatic N) is 1. The van der Waals surface area contributed by atoms with Crippen LogP contribution in [0.25, 0.3) is 0 Å². The van der Waals surface area contributed by atoms with E-state index in [1.807, 2.05) is 24.3 Å². The summed E-state index contributed by atoms with van der Waals surface area (Å²) < 4.78 is 0. The highest BCUT2D eigenvalue weighted by molar-refractivity contribution is 6.02. The van der Waals surface area contributed by atoms with Crippen molar-refractivity contribution >= 4 is 17.3 Å². The minimum Gasteiger partial charge on any atom is -0.392 e. The quantitative estimate of drug-likeness (QED) is 0.667. The first kappa shape index (κ1) is 19.1. The van der Waals surface area contributed by atoms with Crippen molar-refractivity contribution in [2.24, 2.45) is 4.99 Å². The third-order valence-corrected chi connectivity index (χ3v) is 5.13. The fourth-order valence-corrected chi connectivity index (χ4v) is 3.74. The van der Waals surface area contributed by atoms with Crippen LogP contribution in [0.2, 0.25) is 0 Å². The summed E-state index contributed by atoms with van der Waals surface area (Å²) in [4.78, 5) is 17.3. The molecular weight excluding hydrogens is 360 g/mol. The first-order chi connectivity index (χ1) is 14.1. The number of benzene rings is 3. The summed E-state index contributed by atoms with van der Waals surface area (Å²) in [7, 11) is 0. The van der Waals surface area contributed by atoms with E-state index < -0.39 is 6.10 Å².